The highest BCUT2D eigenvalue weighted by molar-refractivity contribution is 7.96. The van der Waals surface area contributed by atoms with E-state index in [1.165, 1.54) is 19.1 Å². The first-order valence-corrected chi connectivity index (χ1v) is 29.5. The van der Waals surface area contributed by atoms with Crippen molar-refractivity contribution in [2.45, 2.75) is 126 Å². The number of carbonyl (C=O) groups is 3. The van der Waals surface area contributed by atoms with E-state index in [0.717, 1.165) is 23.5 Å². The Bertz CT molecular complexity index is 2130. The van der Waals surface area contributed by atoms with Gasteiger partial charge in [-0.2, -0.15) is 12.7 Å². The Morgan fingerprint density at radius 3 is 1.39 bits per heavy atom. The van der Waals surface area contributed by atoms with Crippen LogP contribution in [0.5, 0.6) is 0 Å². The van der Waals surface area contributed by atoms with Crippen molar-refractivity contribution in [2.75, 3.05) is 127 Å². The first-order valence-electron chi connectivity index (χ1n) is 23.9. The van der Waals surface area contributed by atoms with Crippen molar-refractivity contribution in [3.05, 3.63) is 24.3 Å². The summed E-state index contributed by atoms with van der Waals surface area (Å²) < 4.78 is 96.5. The van der Waals surface area contributed by atoms with Crippen molar-refractivity contribution in [1.82, 2.24) is 24.3 Å². The van der Waals surface area contributed by atoms with Crippen LogP contribution in [0.1, 0.15) is 62.3 Å². The molecule has 77 heavy (non-hydrogen) atoms. The van der Waals surface area contributed by atoms with Crippen molar-refractivity contribution in [2.24, 2.45) is 0 Å². The molecule has 8 N–H and O–H groups in total. The summed E-state index contributed by atoms with van der Waals surface area (Å²) in [4.78, 5) is 39.7. The average Bonchev–Trinajstić information content (AvgIpc) is 3.67. The third kappa shape index (κ3) is 27.4. The number of nitrogens with one attached hydrogen (secondary N) is 1. The quantitative estimate of drug-likeness (QED) is 0.0571. The first kappa shape index (κ1) is 74.2. The summed E-state index contributed by atoms with van der Waals surface area (Å²) in [7, 11) is -0.848. The summed E-state index contributed by atoms with van der Waals surface area (Å²) in [5.74, 6) is 0. The van der Waals surface area contributed by atoms with Gasteiger partial charge in [-0.1, -0.05) is 25.0 Å². The summed E-state index contributed by atoms with van der Waals surface area (Å²) in [6.07, 6.45) is -1.58. The molecule has 0 aromatic heterocycles. The number of rotatable bonds is 7. The van der Waals surface area contributed by atoms with Gasteiger partial charge in [-0.3, -0.25) is 9.11 Å². The van der Waals surface area contributed by atoms with Crippen molar-refractivity contribution >= 4 is 57.9 Å². The number of aliphatic hydroxyl groups is 5. The molecule has 6 saturated heterocycles. The van der Waals surface area contributed by atoms with Crippen LogP contribution in [0.15, 0.2) is 24.3 Å². The number of aliphatic hydroxyl groups excluding tert-OH is 3. The third-order valence-corrected chi connectivity index (χ3v) is 12.5. The van der Waals surface area contributed by atoms with Crippen LogP contribution >= 0.6 is 7.36 Å². The van der Waals surface area contributed by atoms with Crippen molar-refractivity contribution in [1.29, 1.82) is 0 Å². The Labute approximate surface area is 461 Å². The zero-order chi connectivity index (χ0) is 60.3. The molecule has 0 aromatic carbocycles. The van der Waals surface area contributed by atoms with E-state index in [4.69, 9.17) is 65.6 Å². The largest absolute Gasteiger partial charge is 0.444 e. The van der Waals surface area contributed by atoms with Gasteiger partial charge in [-0.25, -0.2) is 22.8 Å². The molecule has 6 heterocycles. The van der Waals surface area contributed by atoms with Crippen LogP contribution in [0, 0.1) is 0 Å². The third-order valence-electron chi connectivity index (χ3n) is 11.3. The van der Waals surface area contributed by atoms with Crippen molar-refractivity contribution < 1.29 is 104 Å². The SMILES string of the molecule is C=C1CN(C(=O)OC(C)(C)C)C[C@@H]1OC.C=C1CN(C(=O)OC(C)(C)C)C[C@H]1O.CO[C@H]1CN(C(=O)OC(C)(C)C)C[C@]12CO2.CO[C@H]1CN(S(C)(=O)=O)C[C@]1(O)CO.CO[C@H]1CNC[C@]1(O)CO.CP=S.O=S(=O)(O)O. The number of epoxide rings is 1. The highest BCUT2D eigenvalue weighted by Gasteiger charge is 2.59. The number of amides is 3. The average molecular weight is 1190 g/mol. The molecule has 3 amide bonds. The maximum Gasteiger partial charge on any atom is 0.410 e. The van der Waals surface area contributed by atoms with Gasteiger partial charge < -0.3 is 83.4 Å². The van der Waals surface area contributed by atoms with E-state index in [9.17, 15) is 38.1 Å². The Hall–Kier alpha value is -2.85. The topological polar surface area (TPSA) is 363 Å². The summed E-state index contributed by atoms with van der Waals surface area (Å²) in [6.45, 7) is 29.7. The highest BCUT2D eigenvalue weighted by atomic mass is 32.4. The van der Waals surface area contributed by atoms with Gasteiger partial charge in [0, 0.05) is 67.7 Å². The maximum absolute atomic E-state index is 11.8. The lowest BCUT2D eigenvalue weighted by atomic mass is 10.0. The highest BCUT2D eigenvalue weighted by Crippen LogP contribution is 2.39. The number of methoxy groups -OCH3 is 4. The lowest BCUT2D eigenvalue weighted by molar-refractivity contribution is -0.0890. The molecule has 1 spiro atoms. The van der Waals surface area contributed by atoms with E-state index < -0.39 is 73.3 Å². The van der Waals surface area contributed by atoms with Crippen LogP contribution in [0.4, 0.5) is 14.4 Å². The molecule has 0 bridgehead atoms. The molecule has 8 atom stereocenters. The minimum atomic E-state index is -4.67. The number of hydrogen-bond donors (Lipinski definition) is 8. The molecule has 0 radical (unpaired) electrons. The lowest BCUT2D eigenvalue weighted by Gasteiger charge is -2.24. The van der Waals surface area contributed by atoms with Gasteiger partial charge in [0.25, 0.3) is 0 Å². The van der Waals surface area contributed by atoms with Crippen LogP contribution in [-0.2, 0) is 70.1 Å². The predicted octanol–water partition coefficient (Wildman–Crippen LogP) is 0.683. The second-order valence-corrected chi connectivity index (χ2v) is 25.8. The molecule has 0 aromatic rings. The fourth-order valence-corrected chi connectivity index (χ4v) is 8.22. The molecule has 6 rings (SSSR count). The van der Waals surface area contributed by atoms with E-state index >= 15 is 0 Å². The van der Waals surface area contributed by atoms with Crippen molar-refractivity contribution in [3.63, 3.8) is 0 Å². The van der Waals surface area contributed by atoms with Gasteiger partial charge in [0.05, 0.1) is 64.5 Å². The zero-order valence-corrected chi connectivity index (χ0v) is 50.6. The Balaban J connectivity index is 0.000000910. The molecular weight excluding hydrogens is 1100 g/mol. The van der Waals surface area contributed by atoms with Crippen LogP contribution in [0.2, 0.25) is 0 Å². The Morgan fingerprint density at radius 1 is 0.701 bits per heavy atom. The predicted molar refractivity (Wildman–Crippen MR) is 287 cm³/mol. The van der Waals surface area contributed by atoms with Crippen LogP contribution in [0.3, 0.4) is 0 Å². The zero-order valence-electron chi connectivity index (χ0n) is 47.2. The van der Waals surface area contributed by atoms with Crippen LogP contribution in [0.25, 0.3) is 0 Å². The first-order chi connectivity index (χ1) is 35.0. The van der Waals surface area contributed by atoms with Crippen LogP contribution < -0.4 is 5.32 Å². The van der Waals surface area contributed by atoms with Gasteiger partial charge in [0.2, 0.25) is 10.0 Å². The maximum atomic E-state index is 11.8. The van der Waals surface area contributed by atoms with E-state index in [0.29, 0.717) is 58.0 Å². The number of sulfonamides is 1. The van der Waals surface area contributed by atoms with E-state index in [1.807, 2.05) is 69.0 Å². The second-order valence-electron chi connectivity index (χ2n) is 21.5. The summed E-state index contributed by atoms with van der Waals surface area (Å²) >= 11 is 4.37. The van der Waals surface area contributed by atoms with Gasteiger partial charge in [0.1, 0.15) is 51.9 Å². The number of hydrogen-bond acceptors (Lipinski definition) is 22. The molecule has 6 aliphatic heterocycles. The van der Waals surface area contributed by atoms with Crippen LogP contribution in [-0.4, -0.2) is 280 Å². The van der Waals surface area contributed by atoms with E-state index in [2.05, 4.69) is 30.3 Å². The number of nitrogens with zero attached hydrogens (tertiary/aromatic N) is 4. The molecule has 0 unspecified atom stereocenters. The molecule has 0 aliphatic carbocycles. The van der Waals surface area contributed by atoms with Gasteiger partial charge >= 0.3 is 28.7 Å². The monoisotopic (exact) mass is 1190 g/mol. The normalized spacial score (nSPS) is 28.0. The smallest absolute Gasteiger partial charge is 0.410 e. The Morgan fingerprint density at radius 2 is 1.10 bits per heavy atom. The molecule has 31 heteroatoms. The number of carbonyl (C=O) groups excluding carboxylic acids is 3. The van der Waals surface area contributed by atoms with Gasteiger partial charge in [-0.15, -0.1) is 0 Å². The summed E-state index contributed by atoms with van der Waals surface area (Å²) in [5.41, 5.74) is -2.65. The van der Waals surface area contributed by atoms with E-state index in [-0.39, 0.29) is 62.3 Å². The molecule has 6 fully saturated rings. The Kier molecular flexibility index (Phi) is 30.2. The molecule has 0 saturated carbocycles. The fourth-order valence-electron chi connectivity index (χ4n) is 7.36. The molecule has 452 valence electrons. The molecule has 6 aliphatic rings. The number of β-amino-alcohol motifs (C(OH)–C–C–N with tert-alkyl or cyclic N) is 3. The van der Waals surface area contributed by atoms with Crippen molar-refractivity contribution in [3.8, 4) is 0 Å². The molecular formula is C46H88N5O22PS3. The summed E-state index contributed by atoms with van der Waals surface area (Å²) in [5, 5.41) is 49.3. The molecule has 27 nitrogen and oxygen atoms in total. The standard InChI is InChI=1S/C11H19NO4.C11H19NO3.C10H17NO3.C7H15NO5S.C6H13NO3.CH3PS.H2O4S/c1-10(2,3)16-9(13)12-5-8(14-4)11(6-12)7-15-11;1-8-6-12(7-9(8)14-5)10(13)15-11(2,3)4;1-7-5-11(6-8(7)12)9(13)14-10(2,3)4;1-13-6-3-8(14(2,11)12)4-7(6,10)5-9;1-10-5-2-7-3-6(5,9)4-8;1-2-3;1-5(2,3)4/h8H,5-7H2,1-4H3;9H,1,6-7H2,2-5H3;8,12H,1,5-6H2,2-4H3;6,9-10H,3-5H2,1-2H3;5,7-9H,2-4H2,1H3;1H3;(H2,1,2,3,4)/t8-,11-;9-;8-;6-,7-;5-,6-;;/m00100../s1. The fraction of sp³-hybridized carbons (Fsp3) is 0.848. The van der Waals surface area contributed by atoms with Gasteiger partial charge in [-0.05, 0) is 87.5 Å². The lowest BCUT2D eigenvalue weighted by Crippen LogP contribution is -2.46. The number of likely N-dealkylation sites (tertiary alicyclic amines) is 3. The second kappa shape index (κ2) is 31.4. The van der Waals surface area contributed by atoms with E-state index in [1.54, 1.807) is 24.0 Å². The minimum absolute atomic E-state index is 0.0278. The summed E-state index contributed by atoms with van der Waals surface area (Å²) in [6, 6.07) is 0. The minimum Gasteiger partial charge on any atom is -0.444 e. The number of ether oxygens (including phenoxy) is 8. The van der Waals surface area contributed by atoms with Gasteiger partial charge in [0.15, 0.2) is 0 Å².